The molecular weight excluding hydrogens is 359 g/mol. The number of alkyl halides is 3. The van der Waals surface area contributed by atoms with E-state index in [0.29, 0.717) is 23.4 Å². The summed E-state index contributed by atoms with van der Waals surface area (Å²) in [7, 11) is 0. The molecule has 1 aromatic carbocycles. The van der Waals surface area contributed by atoms with Crippen LogP contribution in [0.25, 0.3) is 0 Å². The summed E-state index contributed by atoms with van der Waals surface area (Å²) in [4.78, 5) is 12.0. The number of ketones is 1. The number of benzene rings is 1. The van der Waals surface area contributed by atoms with Gasteiger partial charge in [-0.05, 0) is 55.3 Å². The van der Waals surface area contributed by atoms with Gasteiger partial charge in [-0.25, -0.2) is 0 Å². The summed E-state index contributed by atoms with van der Waals surface area (Å²) < 4.78 is 38.2. The van der Waals surface area contributed by atoms with Crippen molar-refractivity contribution in [2.24, 2.45) is 0 Å². The fourth-order valence-electron chi connectivity index (χ4n) is 2.02. The second-order valence-electron chi connectivity index (χ2n) is 5.09. The lowest BCUT2D eigenvalue weighted by Gasteiger charge is -2.12. The number of halogens is 4. The average molecular weight is 376 g/mol. The SMILES string of the molecule is CCCC/C(C#N)=C(/CCC(=O)c1ccc(Cl)cc1)SC(F)(F)F. The van der Waals surface area contributed by atoms with Gasteiger partial charge in [0.1, 0.15) is 0 Å². The predicted molar refractivity (Wildman–Crippen MR) is 90.8 cm³/mol. The molecule has 0 bridgehead atoms. The Bertz CT molecular complexity index is 633. The number of Topliss-reactive ketones (excluding diaryl/α,β-unsaturated/α-hetero) is 1. The largest absolute Gasteiger partial charge is 0.446 e. The van der Waals surface area contributed by atoms with Gasteiger partial charge in [-0.3, -0.25) is 4.79 Å². The van der Waals surface area contributed by atoms with E-state index in [0.717, 1.165) is 6.42 Å². The van der Waals surface area contributed by atoms with Gasteiger partial charge in [0.15, 0.2) is 5.78 Å². The van der Waals surface area contributed by atoms with Crippen molar-refractivity contribution in [2.45, 2.75) is 44.5 Å². The van der Waals surface area contributed by atoms with Gasteiger partial charge in [-0.1, -0.05) is 24.9 Å². The van der Waals surface area contributed by atoms with Crippen LogP contribution in [0.5, 0.6) is 0 Å². The number of carbonyl (C=O) groups excluding carboxylic acids is 1. The number of unbranched alkanes of at least 4 members (excludes halogenated alkanes) is 1. The summed E-state index contributed by atoms with van der Waals surface area (Å²) in [5.41, 5.74) is -3.97. The zero-order valence-electron chi connectivity index (χ0n) is 13.1. The lowest BCUT2D eigenvalue weighted by Crippen LogP contribution is -2.05. The van der Waals surface area contributed by atoms with Crippen LogP contribution in [0.4, 0.5) is 13.2 Å². The van der Waals surface area contributed by atoms with Crippen molar-refractivity contribution in [1.29, 1.82) is 5.26 Å². The molecule has 0 saturated heterocycles. The second-order valence-corrected chi connectivity index (χ2v) is 6.69. The van der Waals surface area contributed by atoms with Crippen molar-refractivity contribution >= 4 is 29.1 Å². The standard InChI is InChI=1S/C17H17ClF3NOS/c1-2-3-4-13(11-22)16(24-17(19,20)21)10-9-15(23)12-5-7-14(18)8-6-12/h5-8H,2-4,9-10H2,1H3/b16-13+. The van der Waals surface area contributed by atoms with Gasteiger partial charge >= 0.3 is 5.51 Å². The van der Waals surface area contributed by atoms with Crippen molar-refractivity contribution in [3.8, 4) is 6.07 Å². The number of hydrogen-bond acceptors (Lipinski definition) is 3. The minimum atomic E-state index is -4.48. The number of thioether (sulfide) groups is 1. The zero-order valence-corrected chi connectivity index (χ0v) is 14.7. The van der Waals surface area contributed by atoms with E-state index in [4.69, 9.17) is 16.9 Å². The Kier molecular flexibility index (Phi) is 8.37. The Hall–Kier alpha value is -1.45. The number of rotatable bonds is 8. The summed E-state index contributed by atoms with van der Waals surface area (Å²) in [6.07, 6.45) is 1.52. The molecule has 0 unspecified atom stereocenters. The molecule has 0 saturated carbocycles. The maximum absolute atomic E-state index is 12.7. The minimum absolute atomic E-state index is 0.0687. The van der Waals surface area contributed by atoms with Crippen LogP contribution in [-0.4, -0.2) is 11.3 Å². The summed E-state index contributed by atoms with van der Waals surface area (Å²) in [6.45, 7) is 1.90. The number of nitriles is 1. The van der Waals surface area contributed by atoms with Gasteiger partial charge in [0.25, 0.3) is 0 Å². The maximum Gasteiger partial charge on any atom is 0.446 e. The normalized spacial score (nSPS) is 12.5. The fraction of sp³-hybridized carbons (Fsp3) is 0.412. The van der Waals surface area contributed by atoms with Crippen LogP contribution in [0.2, 0.25) is 5.02 Å². The minimum Gasteiger partial charge on any atom is -0.294 e. The highest BCUT2D eigenvalue weighted by Gasteiger charge is 2.31. The summed E-state index contributed by atoms with van der Waals surface area (Å²) >= 11 is 5.45. The molecular formula is C17H17ClF3NOS. The number of carbonyl (C=O) groups is 1. The molecule has 0 aromatic heterocycles. The molecule has 0 aliphatic rings. The van der Waals surface area contributed by atoms with Crippen molar-refractivity contribution in [1.82, 2.24) is 0 Å². The smallest absolute Gasteiger partial charge is 0.294 e. The Morgan fingerprint density at radius 2 is 1.83 bits per heavy atom. The molecule has 0 aliphatic carbocycles. The van der Waals surface area contributed by atoms with Gasteiger partial charge in [0.05, 0.1) is 6.07 Å². The Labute approximate surface area is 148 Å². The van der Waals surface area contributed by atoms with E-state index >= 15 is 0 Å². The van der Waals surface area contributed by atoms with Crippen LogP contribution in [0.15, 0.2) is 34.7 Å². The number of nitrogens with zero attached hydrogens (tertiary/aromatic N) is 1. The molecule has 2 nitrogen and oxygen atoms in total. The molecule has 0 radical (unpaired) electrons. The third-order valence-electron chi connectivity index (χ3n) is 3.24. The average Bonchev–Trinajstić information content (AvgIpc) is 2.52. The van der Waals surface area contributed by atoms with Crippen LogP contribution in [0.3, 0.4) is 0 Å². The molecule has 0 aliphatic heterocycles. The monoisotopic (exact) mass is 375 g/mol. The quantitative estimate of drug-likeness (QED) is 0.383. The van der Waals surface area contributed by atoms with Crippen LogP contribution < -0.4 is 0 Å². The lowest BCUT2D eigenvalue weighted by molar-refractivity contribution is -0.0322. The number of allylic oxidation sites excluding steroid dienone is 2. The highest BCUT2D eigenvalue weighted by molar-refractivity contribution is 8.03. The first-order valence-corrected chi connectivity index (χ1v) is 8.63. The van der Waals surface area contributed by atoms with E-state index in [1.165, 1.54) is 12.1 Å². The van der Waals surface area contributed by atoms with E-state index in [1.807, 2.05) is 13.0 Å². The first-order valence-electron chi connectivity index (χ1n) is 7.43. The molecule has 0 N–H and O–H groups in total. The molecule has 0 amide bonds. The topological polar surface area (TPSA) is 40.9 Å². The van der Waals surface area contributed by atoms with Gasteiger partial charge in [-0.15, -0.1) is 0 Å². The molecule has 0 fully saturated rings. The fourth-order valence-corrected chi connectivity index (χ4v) is 2.90. The second kappa shape index (κ2) is 9.75. The van der Waals surface area contributed by atoms with Gasteiger partial charge in [0, 0.05) is 27.5 Å². The first-order chi connectivity index (χ1) is 11.3. The van der Waals surface area contributed by atoms with E-state index in [2.05, 4.69) is 0 Å². The first kappa shape index (κ1) is 20.6. The van der Waals surface area contributed by atoms with Gasteiger partial charge < -0.3 is 0 Å². The summed E-state index contributed by atoms with van der Waals surface area (Å²) in [6, 6.07) is 8.04. The lowest BCUT2D eigenvalue weighted by atomic mass is 10.0. The van der Waals surface area contributed by atoms with Gasteiger partial charge in [0.2, 0.25) is 0 Å². The van der Waals surface area contributed by atoms with Crippen molar-refractivity contribution < 1.29 is 18.0 Å². The van der Waals surface area contributed by atoms with E-state index in [-0.39, 0.29) is 40.9 Å². The van der Waals surface area contributed by atoms with Crippen LogP contribution in [0.1, 0.15) is 49.4 Å². The van der Waals surface area contributed by atoms with E-state index < -0.39 is 5.51 Å². The molecule has 0 spiro atoms. The third-order valence-corrected chi connectivity index (χ3v) is 4.42. The molecule has 24 heavy (non-hydrogen) atoms. The van der Waals surface area contributed by atoms with Crippen molar-refractivity contribution in [3.63, 3.8) is 0 Å². The Morgan fingerprint density at radius 3 is 2.33 bits per heavy atom. The molecule has 130 valence electrons. The maximum atomic E-state index is 12.7. The highest BCUT2D eigenvalue weighted by atomic mass is 35.5. The van der Waals surface area contributed by atoms with E-state index in [9.17, 15) is 18.0 Å². The predicted octanol–water partition coefficient (Wildman–Crippen LogP) is 6.52. The molecule has 7 heteroatoms. The molecule has 0 atom stereocenters. The molecule has 1 aromatic rings. The van der Waals surface area contributed by atoms with Crippen LogP contribution in [-0.2, 0) is 0 Å². The Balaban J connectivity index is 2.88. The van der Waals surface area contributed by atoms with Crippen molar-refractivity contribution in [3.05, 3.63) is 45.3 Å². The molecule has 1 rings (SSSR count). The van der Waals surface area contributed by atoms with E-state index in [1.54, 1.807) is 12.1 Å². The molecule has 0 heterocycles. The van der Waals surface area contributed by atoms with Crippen molar-refractivity contribution in [2.75, 3.05) is 0 Å². The zero-order chi connectivity index (χ0) is 18.2. The van der Waals surface area contributed by atoms with Crippen LogP contribution in [0, 0.1) is 11.3 Å². The highest BCUT2D eigenvalue weighted by Crippen LogP contribution is 2.40. The van der Waals surface area contributed by atoms with Gasteiger partial charge in [-0.2, -0.15) is 18.4 Å². The summed E-state index contributed by atoms with van der Waals surface area (Å²) in [5.74, 6) is -0.278. The summed E-state index contributed by atoms with van der Waals surface area (Å²) in [5, 5.41) is 9.62. The Morgan fingerprint density at radius 1 is 1.21 bits per heavy atom. The van der Waals surface area contributed by atoms with Crippen LogP contribution >= 0.6 is 23.4 Å². The third kappa shape index (κ3) is 7.41. The number of hydrogen-bond donors (Lipinski definition) is 0.